The van der Waals surface area contributed by atoms with Gasteiger partial charge in [0, 0.05) is 18.8 Å². The lowest BCUT2D eigenvalue weighted by Crippen LogP contribution is -2.31. The van der Waals surface area contributed by atoms with Gasteiger partial charge >= 0.3 is 5.69 Å². The zero-order chi connectivity index (χ0) is 18.3. The summed E-state index contributed by atoms with van der Waals surface area (Å²) in [6.45, 7) is 2.39. The lowest BCUT2D eigenvalue weighted by molar-refractivity contribution is 0.0950. The number of amides is 1. The molecule has 2 N–H and O–H groups in total. The van der Waals surface area contributed by atoms with Crippen LogP contribution in [-0.4, -0.2) is 20.4 Å². The van der Waals surface area contributed by atoms with Gasteiger partial charge in [0.15, 0.2) is 0 Å². The van der Waals surface area contributed by atoms with E-state index in [1.54, 1.807) is 0 Å². The molecule has 1 amide bonds. The maximum Gasteiger partial charge on any atom is 0.330 e. The summed E-state index contributed by atoms with van der Waals surface area (Å²) in [5.74, 6) is -0.316. The minimum Gasteiger partial charge on any atom is -0.348 e. The highest BCUT2D eigenvalue weighted by Crippen LogP contribution is 2.34. The number of aromatic nitrogens is 3. The number of rotatable bonds is 4. The van der Waals surface area contributed by atoms with Crippen molar-refractivity contribution in [3.8, 4) is 0 Å². The molecule has 0 spiro atoms. The molecule has 1 fully saturated rings. The summed E-state index contributed by atoms with van der Waals surface area (Å²) in [5.41, 5.74) is 1.78. The van der Waals surface area contributed by atoms with Gasteiger partial charge in [0.05, 0.1) is 10.9 Å². The highest BCUT2D eigenvalue weighted by molar-refractivity contribution is 5.96. The molecular weight excluding hydrogens is 332 g/mol. The van der Waals surface area contributed by atoms with Crippen molar-refractivity contribution in [2.24, 2.45) is 0 Å². The van der Waals surface area contributed by atoms with E-state index in [0.717, 1.165) is 24.0 Å². The van der Waals surface area contributed by atoms with Crippen LogP contribution in [-0.2, 0) is 6.54 Å². The lowest BCUT2D eigenvalue weighted by Gasteiger charge is -2.09. The molecule has 1 aromatic carbocycles. The van der Waals surface area contributed by atoms with Gasteiger partial charge in [-0.25, -0.2) is 9.78 Å². The maximum atomic E-state index is 12.4. The summed E-state index contributed by atoms with van der Waals surface area (Å²) in [4.78, 5) is 43.1. The Kier molecular flexibility index (Phi) is 3.91. The molecule has 7 heteroatoms. The second kappa shape index (κ2) is 6.25. The Bertz CT molecular complexity index is 1110. The van der Waals surface area contributed by atoms with Gasteiger partial charge < -0.3 is 5.32 Å². The first-order valence-electron chi connectivity index (χ1n) is 8.51. The fraction of sp³-hybridized carbons (Fsp3) is 0.263. The van der Waals surface area contributed by atoms with Gasteiger partial charge in [-0.1, -0.05) is 29.8 Å². The Morgan fingerprint density at radius 2 is 2.00 bits per heavy atom. The van der Waals surface area contributed by atoms with Crippen LogP contribution in [0.2, 0.25) is 0 Å². The molecule has 3 aromatic rings. The van der Waals surface area contributed by atoms with Crippen LogP contribution in [0.25, 0.3) is 11.0 Å². The van der Waals surface area contributed by atoms with Crippen molar-refractivity contribution in [2.75, 3.05) is 0 Å². The van der Waals surface area contributed by atoms with E-state index < -0.39 is 11.2 Å². The molecule has 0 saturated heterocycles. The number of nitrogens with one attached hydrogen (secondary N) is 2. The number of nitrogens with zero attached hydrogens (tertiary/aromatic N) is 2. The Balaban J connectivity index is 1.62. The maximum absolute atomic E-state index is 12.4. The summed E-state index contributed by atoms with van der Waals surface area (Å²) < 4.78 is 1.50. The molecule has 2 aromatic heterocycles. The predicted octanol–water partition coefficient (Wildman–Crippen LogP) is 1.66. The van der Waals surface area contributed by atoms with Crippen LogP contribution in [0, 0.1) is 6.92 Å². The molecule has 132 valence electrons. The molecule has 2 heterocycles. The van der Waals surface area contributed by atoms with Crippen LogP contribution in [0.4, 0.5) is 0 Å². The zero-order valence-electron chi connectivity index (χ0n) is 14.3. The van der Waals surface area contributed by atoms with Crippen LogP contribution in [0.5, 0.6) is 0 Å². The third-order valence-corrected chi connectivity index (χ3v) is 4.53. The number of hydrogen-bond donors (Lipinski definition) is 2. The molecule has 0 radical (unpaired) electrons. The molecule has 0 unspecified atom stereocenters. The molecule has 0 aliphatic heterocycles. The summed E-state index contributed by atoms with van der Waals surface area (Å²) in [5, 5.41) is 3.07. The van der Waals surface area contributed by atoms with Gasteiger partial charge in [0.2, 0.25) is 0 Å². The van der Waals surface area contributed by atoms with Gasteiger partial charge in [-0.15, -0.1) is 0 Å². The topological polar surface area (TPSA) is 96.8 Å². The molecule has 26 heavy (non-hydrogen) atoms. The average Bonchev–Trinajstić information content (AvgIpc) is 3.46. The van der Waals surface area contributed by atoms with Crippen LogP contribution in [0.1, 0.15) is 40.4 Å². The normalized spacial score (nSPS) is 13.7. The third kappa shape index (κ3) is 3.03. The summed E-state index contributed by atoms with van der Waals surface area (Å²) in [6.07, 6.45) is 3.19. The lowest BCUT2D eigenvalue weighted by atomic mass is 10.1. The van der Waals surface area contributed by atoms with Gasteiger partial charge in [0.25, 0.3) is 11.5 Å². The van der Waals surface area contributed by atoms with Gasteiger partial charge in [-0.2, -0.15) is 0 Å². The van der Waals surface area contributed by atoms with E-state index in [4.69, 9.17) is 0 Å². The van der Waals surface area contributed by atoms with E-state index in [-0.39, 0.29) is 22.9 Å². The van der Waals surface area contributed by atoms with E-state index in [1.807, 2.05) is 31.2 Å². The molecule has 4 rings (SSSR count). The third-order valence-electron chi connectivity index (χ3n) is 4.53. The molecule has 0 bridgehead atoms. The number of carbonyl (C=O) groups excluding carboxylic acids is 1. The van der Waals surface area contributed by atoms with E-state index in [0.29, 0.717) is 12.2 Å². The quantitative estimate of drug-likeness (QED) is 0.748. The Labute approximate surface area is 148 Å². The van der Waals surface area contributed by atoms with Crippen LogP contribution in [0.3, 0.4) is 0 Å². The largest absolute Gasteiger partial charge is 0.348 e. The van der Waals surface area contributed by atoms with Crippen LogP contribution in [0.15, 0.2) is 46.1 Å². The second-order valence-corrected chi connectivity index (χ2v) is 6.62. The fourth-order valence-electron chi connectivity index (χ4n) is 2.92. The standard InChI is InChI=1S/C19H18N4O3/c1-11-2-4-12(5-3-11)9-21-17(24)13-8-15-16(20-10-13)23(14-6-7-14)19(26)22-18(15)25/h2-5,8,10,14H,6-7,9H2,1H3,(H,21,24)(H,22,25,26). The monoisotopic (exact) mass is 350 g/mol. The highest BCUT2D eigenvalue weighted by Gasteiger charge is 2.27. The first-order chi connectivity index (χ1) is 12.5. The smallest absolute Gasteiger partial charge is 0.330 e. The highest BCUT2D eigenvalue weighted by atomic mass is 16.2. The van der Waals surface area contributed by atoms with E-state index >= 15 is 0 Å². The number of aromatic amines is 1. The molecule has 7 nitrogen and oxygen atoms in total. The van der Waals surface area contributed by atoms with Gasteiger partial charge in [-0.3, -0.25) is 19.1 Å². The molecule has 0 atom stereocenters. The van der Waals surface area contributed by atoms with E-state index in [9.17, 15) is 14.4 Å². The predicted molar refractivity (Wildman–Crippen MR) is 97.2 cm³/mol. The Morgan fingerprint density at radius 3 is 2.69 bits per heavy atom. The first-order valence-corrected chi connectivity index (χ1v) is 8.51. The van der Waals surface area contributed by atoms with E-state index in [1.165, 1.54) is 16.8 Å². The molecule has 1 aliphatic carbocycles. The van der Waals surface area contributed by atoms with Crippen molar-refractivity contribution in [3.63, 3.8) is 0 Å². The Morgan fingerprint density at radius 1 is 1.27 bits per heavy atom. The SMILES string of the molecule is Cc1ccc(CNC(=O)c2cnc3c(c2)c(=O)[nH]c(=O)n3C2CC2)cc1. The van der Waals surface area contributed by atoms with Crippen molar-refractivity contribution >= 4 is 16.9 Å². The van der Waals surface area contributed by atoms with Crippen molar-refractivity contribution in [1.82, 2.24) is 19.9 Å². The molecule has 1 saturated carbocycles. The van der Waals surface area contributed by atoms with E-state index in [2.05, 4.69) is 15.3 Å². The second-order valence-electron chi connectivity index (χ2n) is 6.62. The van der Waals surface area contributed by atoms with Crippen LogP contribution < -0.4 is 16.6 Å². The first kappa shape index (κ1) is 16.3. The number of benzene rings is 1. The van der Waals surface area contributed by atoms with Gasteiger partial charge in [-0.05, 0) is 31.4 Å². The van der Waals surface area contributed by atoms with Crippen molar-refractivity contribution in [1.29, 1.82) is 0 Å². The molecule has 1 aliphatic rings. The number of fused-ring (bicyclic) bond motifs is 1. The molecular formula is C19H18N4O3. The minimum absolute atomic E-state index is 0.0792. The van der Waals surface area contributed by atoms with Crippen molar-refractivity contribution in [2.45, 2.75) is 32.4 Å². The summed E-state index contributed by atoms with van der Waals surface area (Å²) in [6, 6.07) is 9.44. The number of pyridine rings is 1. The Hall–Kier alpha value is -3.22. The number of H-pyrrole nitrogens is 1. The van der Waals surface area contributed by atoms with Crippen molar-refractivity contribution in [3.05, 3.63) is 74.1 Å². The zero-order valence-corrected chi connectivity index (χ0v) is 14.3. The summed E-state index contributed by atoms with van der Waals surface area (Å²) in [7, 11) is 0. The number of carbonyl (C=O) groups is 1. The van der Waals surface area contributed by atoms with Crippen molar-refractivity contribution < 1.29 is 4.79 Å². The van der Waals surface area contributed by atoms with Crippen LogP contribution >= 0.6 is 0 Å². The summed E-state index contributed by atoms with van der Waals surface area (Å²) >= 11 is 0. The minimum atomic E-state index is -0.525. The fourth-order valence-corrected chi connectivity index (χ4v) is 2.92. The average molecular weight is 350 g/mol. The number of aryl methyl sites for hydroxylation is 1. The van der Waals surface area contributed by atoms with Gasteiger partial charge in [0.1, 0.15) is 5.65 Å². The number of hydrogen-bond acceptors (Lipinski definition) is 4.